The van der Waals surface area contributed by atoms with Gasteiger partial charge in [0.25, 0.3) is 11.8 Å². The maximum atomic E-state index is 12.6. The predicted molar refractivity (Wildman–Crippen MR) is 230 cm³/mol. The lowest BCUT2D eigenvalue weighted by Gasteiger charge is -2.15. The topological polar surface area (TPSA) is 253 Å². The van der Waals surface area contributed by atoms with Crippen LogP contribution in [0.5, 0.6) is 0 Å². The Morgan fingerprint density at radius 3 is 1.38 bits per heavy atom. The van der Waals surface area contributed by atoms with Gasteiger partial charge in [0.05, 0.1) is 11.4 Å². The lowest BCUT2D eigenvalue weighted by atomic mass is 10.1. The molecule has 61 heavy (non-hydrogen) atoms. The number of aromatic nitrogens is 10. The number of hydrogen-bond acceptors (Lipinski definition) is 14. The van der Waals surface area contributed by atoms with Crippen LogP contribution in [0.25, 0.3) is 22.8 Å². The van der Waals surface area contributed by atoms with Gasteiger partial charge in [-0.2, -0.15) is 10.2 Å². The monoisotopic (exact) mass is 854 g/mol. The molecule has 4 heterocycles. The van der Waals surface area contributed by atoms with Crippen molar-refractivity contribution in [1.82, 2.24) is 60.6 Å². The molecule has 0 saturated heterocycles. The van der Waals surface area contributed by atoms with E-state index < -0.39 is 25.8 Å². The molecule has 8 rings (SSSR count). The maximum absolute atomic E-state index is 12.6. The summed E-state index contributed by atoms with van der Waals surface area (Å²) in [5.74, 6) is -0.925. The molecule has 0 aliphatic heterocycles. The molecular weight excluding hydrogens is 804 g/mol. The SMILES string of the molecule is Cl.[2H]C([2H])([2H])NC(=O)c1nnc(NC(=O)C2CC2)cc1Nc1cccc(-c2ncn(C)n2)c1C.[2H]C([2H])([2H])NC(=O)c1nnc(NC(=O)C2CC2)cc1Nc1cccc(-c2ncn(C)n2)c1C. The Balaban J connectivity index is 0.000000218. The summed E-state index contributed by atoms with van der Waals surface area (Å²) in [5.41, 5.74) is 4.31. The molecule has 6 aromatic rings. The average molecular weight is 855 g/mol. The molecule has 2 fully saturated rings. The molecule has 2 aliphatic carbocycles. The van der Waals surface area contributed by atoms with E-state index in [0.29, 0.717) is 23.0 Å². The van der Waals surface area contributed by atoms with Gasteiger partial charge >= 0.3 is 0 Å². The van der Waals surface area contributed by atoms with Crippen LogP contribution in [0.3, 0.4) is 0 Å². The van der Waals surface area contributed by atoms with E-state index in [9.17, 15) is 19.2 Å². The number of carbonyl (C=O) groups is 4. The molecule has 0 bridgehead atoms. The Morgan fingerprint density at radius 2 is 1.03 bits per heavy atom. The summed E-state index contributed by atoms with van der Waals surface area (Å²) in [6.45, 7) is -1.67. The first-order valence-corrected chi connectivity index (χ1v) is 18.7. The zero-order valence-electron chi connectivity index (χ0n) is 39.3. The number of rotatable bonds is 12. The van der Waals surface area contributed by atoms with Crippen molar-refractivity contribution in [2.75, 3.05) is 35.2 Å². The van der Waals surface area contributed by atoms with Gasteiger partial charge < -0.3 is 31.9 Å². The molecule has 4 amide bonds. The van der Waals surface area contributed by atoms with Gasteiger partial charge in [-0.15, -0.1) is 32.8 Å². The molecule has 6 N–H and O–H groups in total. The molecule has 0 radical (unpaired) electrons. The summed E-state index contributed by atoms with van der Waals surface area (Å²) in [7, 11) is 3.54. The van der Waals surface area contributed by atoms with Gasteiger partial charge in [0.15, 0.2) is 34.7 Å². The van der Waals surface area contributed by atoms with Crippen molar-refractivity contribution in [3.63, 3.8) is 0 Å². The molecule has 2 aromatic carbocycles. The van der Waals surface area contributed by atoms with Crippen molar-refractivity contribution in [2.45, 2.75) is 39.5 Å². The van der Waals surface area contributed by atoms with Crippen LogP contribution in [0.4, 0.5) is 34.4 Å². The van der Waals surface area contributed by atoms with Crippen molar-refractivity contribution < 1.29 is 27.4 Å². The number of aryl methyl sites for hydroxylation is 2. The third-order valence-electron chi connectivity index (χ3n) is 9.53. The molecule has 21 heteroatoms. The highest BCUT2D eigenvalue weighted by molar-refractivity contribution is 6.01. The molecule has 20 nitrogen and oxygen atoms in total. The first kappa shape index (κ1) is 35.6. The van der Waals surface area contributed by atoms with Gasteiger partial charge in [-0.25, -0.2) is 9.97 Å². The van der Waals surface area contributed by atoms with Gasteiger partial charge in [-0.05, 0) is 62.8 Å². The number of nitrogens with one attached hydrogen (secondary N) is 6. The number of anilines is 6. The fourth-order valence-corrected chi connectivity index (χ4v) is 5.94. The molecular formula is C40H45ClN16O4. The van der Waals surface area contributed by atoms with Crippen LogP contribution >= 0.6 is 12.4 Å². The molecule has 2 aliphatic rings. The Hall–Kier alpha value is -7.35. The van der Waals surface area contributed by atoms with Crippen LogP contribution in [0.1, 0.15) is 66.0 Å². The van der Waals surface area contributed by atoms with Crippen LogP contribution in [-0.2, 0) is 23.7 Å². The fourth-order valence-electron chi connectivity index (χ4n) is 5.94. The van der Waals surface area contributed by atoms with Crippen LogP contribution in [0.15, 0.2) is 61.2 Å². The van der Waals surface area contributed by atoms with E-state index in [0.717, 1.165) is 47.9 Å². The minimum absolute atomic E-state index is 0. The molecule has 0 spiro atoms. The predicted octanol–water partition coefficient (Wildman–Crippen LogP) is 4.49. The zero-order valence-corrected chi connectivity index (χ0v) is 34.1. The minimum atomic E-state index is -2.70. The zero-order chi connectivity index (χ0) is 47.5. The standard InChI is InChI=1S/2C20H22N8O2.ClH/c2*1-11-13(18-22-10-28(3)27-18)5-4-6-14(11)23-15-9-16(24-19(29)12-7-8-12)25-26-17(15)20(30)21-2;/h2*4-6,9-10,12H,7-8H2,1-3H3,(H,21,30)(H2,23,24,25,29);1H/i2*2D3;. The summed E-state index contributed by atoms with van der Waals surface area (Å²) >= 11 is 0. The van der Waals surface area contributed by atoms with Gasteiger partial charge in [0.2, 0.25) is 11.8 Å². The van der Waals surface area contributed by atoms with Crippen LogP contribution in [-0.4, -0.2) is 87.5 Å². The first-order valence-electron chi connectivity index (χ1n) is 21.7. The van der Waals surface area contributed by atoms with E-state index in [4.69, 9.17) is 8.22 Å². The largest absolute Gasteiger partial charge is 0.354 e. The second kappa shape index (κ2) is 18.7. The van der Waals surface area contributed by atoms with E-state index in [2.05, 4.69) is 61.8 Å². The van der Waals surface area contributed by atoms with E-state index in [-0.39, 0.29) is 70.5 Å². The lowest BCUT2D eigenvalue weighted by molar-refractivity contribution is -0.118. The molecule has 2 saturated carbocycles. The second-order valence-electron chi connectivity index (χ2n) is 14.1. The summed E-state index contributed by atoms with van der Waals surface area (Å²) in [6, 6.07) is 13.8. The van der Waals surface area contributed by atoms with Gasteiger partial charge in [-0.1, -0.05) is 24.3 Å². The van der Waals surface area contributed by atoms with E-state index >= 15 is 0 Å². The summed E-state index contributed by atoms with van der Waals surface area (Å²) in [6.07, 6.45) is 6.45. The third kappa shape index (κ3) is 10.3. The van der Waals surface area contributed by atoms with Crippen molar-refractivity contribution >= 4 is 70.4 Å². The van der Waals surface area contributed by atoms with E-state index in [1.807, 2.05) is 36.6 Å². The highest BCUT2D eigenvalue weighted by Crippen LogP contribution is 2.34. The van der Waals surface area contributed by atoms with E-state index in [1.54, 1.807) is 60.4 Å². The van der Waals surface area contributed by atoms with Crippen LogP contribution < -0.4 is 31.9 Å². The lowest BCUT2D eigenvalue weighted by Crippen LogP contribution is -2.22. The number of carbonyl (C=O) groups excluding carboxylic acids is 4. The highest BCUT2D eigenvalue weighted by Gasteiger charge is 2.31. The average Bonchev–Trinajstić information content (AvgIpc) is 4.18. The van der Waals surface area contributed by atoms with E-state index in [1.165, 1.54) is 12.1 Å². The van der Waals surface area contributed by atoms with Crippen molar-refractivity contribution in [1.29, 1.82) is 0 Å². The summed E-state index contributed by atoms with van der Waals surface area (Å²) in [5, 5.41) is 39.6. The minimum Gasteiger partial charge on any atom is -0.354 e. The Bertz CT molecular complexity index is 2640. The number of hydrogen-bond donors (Lipinski definition) is 6. The Morgan fingerprint density at radius 1 is 0.623 bits per heavy atom. The Kier molecular flexibility index (Phi) is 10.9. The number of halogens is 1. The smallest absolute Gasteiger partial charge is 0.273 e. The Labute approximate surface area is 365 Å². The van der Waals surface area contributed by atoms with Crippen molar-refractivity contribution in [3.05, 3.63) is 83.7 Å². The van der Waals surface area contributed by atoms with Crippen LogP contribution in [0.2, 0.25) is 0 Å². The van der Waals surface area contributed by atoms with Crippen molar-refractivity contribution in [3.8, 4) is 22.8 Å². The van der Waals surface area contributed by atoms with Gasteiger partial charge in [0.1, 0.15) is 12.7 Å². The summed E-state index contributed by atoms with van der Waals surface area (Å²) < 4.78 is 47.1. The van der Waals surface area contributed by atoms with Crippen molar-refractivity contribution in [2.24, 2.45) is 25.9 Å². The molecule has 0 atom stereocenters. The first-order chi connectivity index (χ1) is 31.2. The highest BCUT2D eigenvalue weighted by atomic mass is 35.5. The second-order valence-corrected chi connectivity index (χ2v) is 14.1. The normalized spacial score (nSPS) is 14.7. The number of benzene rings is 2. The number of nitrogens with zero attached hydrogens (tertiary/aromatic N) is 10. The molecule has 4 aromatic heterocycles. The van der Waals surface area contributed by atoms with Crippen LogP contribution in [0, 0.1) is 25.7 Å². The molecule has 0 unspecified atom stereocenters. The molecule has 316 valence electrons. The van der Waals surface area contributed by atoms with Gasteiger partial charge in [-0.3, -0.25) is 28.5 Å². The summed E-state index contributed by atoms with van der Waals surface area (Å²) in [4.78, 5) is 58.0. The number of amides is 4. The van der Waals surface area contributed by atoms with Gasteiger partial charge in [0, 0.05) is 82.7 Å². The quantitative estimate of drug-likeness (QED) is 0.0993. The fraction of sp³-hybridized carbons (Fsp3) is 0.300. The maximum Gasteiger partial charge on any atom is 0.273 e. The third-order valence-corrected chi connectivity index (χ3v) is 9.53.